The van der Waals surface area contributed by atoms with Crippen LogP contribution in [0, 0.1) is 23.7 Å². The molecule has 1 aromatic carbocycles. The number of benzene rings is 1. The monoisotopic (exact) mass is 499 g/mol. The molecular formula is C28H41N3O5. The Hall–Kier alpha value is -2.77. The quantitative estimate of drug-likeness (QED) is 0.566. The fourth-order valence-corrected chi connectivity index (χ4v) is 5.91. The number of hydrogen-bond acceptors (Lipinski definition) is 5. The fourth-order valence-electron chi connectivity index (χ4n) is 5.91. The minimum absolute atomic E-state index is 0.0167. The number of hydrogen-bond donors (Lipinski definition) is 2. The zero-order valence-corrected chi connectivity index (χ0v) is 22.1. The highest BCUT2D eigenvalue weighted by Crippen LogP contribution is 2.33. The highest BCUT2D eigenvalue weighted by atomic mass is 16.5. The average Bonchev–Trinajstić information content (AvgIpc) is 2.86. The van der Waals surface area contributed by atoms with Crippen LogP contribution in [0.1, 0.15) is 72.6 Å². The van der Waals surface area contributed by atoms with Crippen LogP contribution in [-0.4, -0.2) is 34.7 Å². The van der Waals surface area contributed by atoms with Crippen LogP contribution < -0.4 is 26.0 Å². The van der Waals surface area contributed by atoms with Gasteiger partial charge in [0.05, 0.1) is 24.1 Å². The van der Waals surface area contributed by atoms with Crippen molar-refractivity contribution in [3.63, 3.8) is 0 Å². The second-order valence-electron chi connectivity index (χ2n) is 10.7. The molecule has 2 fully saturated rings. The third-order valence-electron chi connectivity index (χ3n) is 8.34. The molecule has 0 aliphatic heterocycles. The van der Waals surface area contributed by atoms with Gasteiger partial charge in [-0.15, -0.1) is 0 Å². The maximum absolute atomic E-state index is 13.3. The van der Waals surface area contributed by atoms with Gasteiger partial charge in [-0.2, -0.15) is 0 Å². The summed E-state index contributed by atoms with van der Waals surface area (Å²) in [7, 11) is 0. The smallest absolute Gasteiger partial charge is 0.328 e. The van der Waals surface area contributed by atoms with Crippen molar-refractivity contribution < 1.29 is 14.3 Å². The molecule has 0 spiro atoms. The molecule has 3 atom stereocenters. The molecule has 8 heteroatoms. The van der Waals surface area contributed by atoms with Crippen LogP contribution in [0.25, 0.3) is 10.9 Å². The van der Waals surface area contributed by atoms with Crippen molar-refractivity contribution in [2.45, 2.75) is 85.2 Å². The first-order valence-electron chi connectivity index (χ1n) is 13.7. The summed E-state index contributed by atoms with van der Waals surface area (Å²) in [5, 5.41) is 3.74. The van der Waals surface area contributed by atoms with Crippen LogP contribution in [-0.2, 0) is 11.3 Å². The second kappa shape index (κ2) is 11.5. The lowest BCUT2D eigenvalue weighted by molar-refractivity contribution is -0.127. The highest BCUT2D eigenvalue weighted by molar-refractivity contribution is 5.81. The Labute approximate surface area is 212 Å². The fraction of sp³-hybridized carbons (Fsp3) is 0.679. The molecule has 1 heterocycles. The van der Waals surface area contributed by atoms with E-state index in [4.69, 9.17) is 9.47 Å². The minimum atomic E-state index is -0.417. The van der Waals surface area contributed by atoms with E-state index in [1.807, 2.05) is 13.8 Å². The molecule has 0 radical (unpaired) electrons. The summed E-state index contributed by atoms with van der Waals surface area (Å²) in [6.45, 7) is 9.52. The highest BCUT2D eigenvalue weighted by Gasteiger charge is 2.32. The summed E-state index contributed by atoms with van der Waals surface area (Å²) in [4.78, 5) is 41.9. The average molecular weight is 500 g/mol. The maximum atomic E-state index is 13.3. The van der Waals surface area contributed by atoms with Crippen molar-refractivity contribution >= 4 is 16.8 Å². The summed E-state index contributed by atoms with van der Waals surface area (Å²) < 4.78 is 12.6. The van der Waals surface area contributed by atoms with Crippen molar-refractivity contribution in [3.8, 4) is 11.5 Å². The molecule has 0 saturated heterocycles. The van der Waals surface area contributed by atoms with Crippen LogP contribution in [0.2, 0.25) is 0 Å². The molecule has 2 saturated carbocycles. The Bertz CT molecular complexity index is 1180. The van der Waals surface area contributed by atoms with Gasteiger partial charge in [0.2, 0.25) is 5.91 Å². The molecule has 1 amide bonds. The summed E-state index contributed by atoms with van der Waals surface area (Å²) in [5.41, 5.74) is -0.294. The van der Waals surface area contributed by atoms with E-state index in [0.29, 0.717) is 54.0 Å². The lowest BCUT2D eigenvalue weighted by Gasteiger charge is -2.36. The first-order chi connectivity index (χ1) is 17.3. The Morgan fingerprint density at radius 1 is 1.00 bits per heavy atom. The zero-order chi connectivity index (χ0) is 25.8. The normalized spacial score (nSPS) is 26.5. The number of carbonyl (C=O) groups is 1. The van der Waals surface area contributed by atoms with E-state index in [-0.39, 0.29) is 29.3 Å². The van der Waals surface area contributed by atoms with E-state index in [1.54, 1.807) is 12.1 Å². The third-order valence-corrected chi connectivity index (χ3v) is 8.34. The summed E-state index contributed by atoms with van der Waals surface area (Å²) in [5.74, 6) is 2.54. The number of carbonyl (C=O) groups excluding carboxylic acids is 1. The van der Waals surface area contributed by atoms with Crippen molar-refractivity contribution in [1.29, 1.82) is 0 Å². The van der Waals surface area contributed by atoms with E-state index in [2.05, 4.69) is 24.1 Å². The van der Waals surface area contributed by atoms with Crippen LogP contribution >= 0.6 is 0 Å². The number of nitrogens with zero attached hydrogens (tertiary/aromatic N) is 1. The molecule has 0 unspecified atom stereocenters. The van der Waals surface area contributed by atoms with Gasteiger partial charge in [-0.1, -0.05) is 26.7 Å². The van der Waals surface area contributed by atoms with E-state index < -0.39 is 5.69 Å². The summed E-state index contributed by atoms with van der Waals surface area (Å²) >= 11 is 0. The molecule has 2 aromatic rings. The molecular weight excluding hydrogens is 458 g/mol. The predicted octanol–water partition coefficient (Wildman–Crippen LogP) is 4.23. The third kappa shape index (κ3) is 5.62. The van der Waals surface area contributed by atoms with E-state index in [1.165, 1.54) is 17.4 Å². The van der Waals surface area contributed by atoms with Gasteiger partial charge in [-0.05, 0) is 69.8 Å². The first kappa shape index (κ1) is 26.3. The Morgan fingerprint density at radius 3 is 2.33 bits per heavy atom. The maximum Gasteiger partial charge on any atom is 0.328 e. The number of nitrogens with one attached hydrogen (secondary N) is 2. The number of ether oxygens (including phenoxy) is 2. The van der Waals surface area contributed by atoms with E-state index in [0.717, 1.165) is 32.1 Å². The first-order valence-corrected chi connectivity index (χ1v) is 13.7. The number of aromatic amines is 1. The van der Waals surface area contributed by atoms with E-state index >= 15 is 0 Å². The lowest BCUT2D eigenvalue weighted by Crippen LogP contribution is -2.46. The molecule has 1 aromatic heterocycles. The van der Waals surface area contributed by atoms with Gasteiger partial charge >= 0.3 is 5.69 Å². The SMILES string of the molecule is CCOc1cc2[nH]c(=O)n(CC3CCC(C(=O)N[C@@H]4CCC[C@H](C)[C@@H]4C)CC3)c(=O)c2cc1OCC. The summed E-state index contributed by atoms with van der Waals surface area (Å²) in [6.07, 6.45) is 6.72. The van der Waals surface area contributed by atoms with Gasteiger partial charge in [0.25, 0.3) is 5.56 Å². The van der Waals surface area contributed by atoms with Crippen molar-refractivity contribution in [1.82, 2.24) is 14.9 Å². The number of H-pyrrole nitrogens is 1. The molecule has 2 aliphatic rings. The number of amides is 1. The molecule has 198 valence electrons. The zero-order valence-electron chi connectivity index (χ0n) is 22.1. The van der Waals surface area contributed by atoms with Crippen LogP contribution in [0.3, 0.4) is 0 Å². The Morgan fingerprint density at radius 2 is 1.67 bits per heavy atom. The lowest BCUT2D eigenvalue weighted by atomic mass is 9.77. The van der Waals surface area contributed by atoms with Crippen LogP contribution in [0.5, 0.6) is 11.5 Å². The topological polar surface area (TPSA) is 102 Å². The number of rotatable bonds is 8. The van der Waals surface area contributed by atoms with Gasteiger partial charge in [0.1, 0.15) is 0 Å². The van der Waals surface area contributed by atoms with Gasteiger partial charge in [0.15, 0.2) is 11.5 Å². The number of fused-ring (bicyclic) bond motifs is 1. The van der Waals surface area contributed by atoms with Crippen molar-refractivity contribution in [2.75, 3.05) is 13.2 Å². The Kier molecular flexibility index (Phi) is 8.42. The van der Waals surface area contributed by atoms with Crippen molar-refractivity contribution in [3.05, 3.63) is 33.0 Å². The number of aromatic nitrogens is 2. The largest absolute Gasteiger partial charge is 0.490 e. The van der Waals surface area contributed by atoms with Crippen LogP contribution in [0.4, 0.5) is 0 Å². The Balaban J connectivity index is 1.43. The molecule has 0 bridgehead atoms. The van der Waals surface area contributed by atoms with E-state index in [9.17, 15) is 14.4 Å². The molecule has 4 rings (SSSR count). The summed E-state index contributed by atoms with van der Waals surface area (Å²) in [6, 6.07) is 3.60. The van der Waals surface area contributed by atoms with Crippen LogP contribution in [0.15, 0.2) is 21.7 Å². The van der Waals surface area contributed by atoms with Gasteiger partial charge < -0.3 is 19.8 Å². The molecule has 36 heavy (non-hydrogen) atoms. The van der Waals surface area contributed by atoms with Crippen molar-refractivity contribution in [2.24, 2.45) is 23.7 Å². The van der Waals surface area contributed by atoms with Gasteiger partial charge in [0, 0.05) is 24.6 Å². The molecule has 2 aliphatic carbocycles. The second-order valence-corrected chi connectivity index (χ2v) is 10.7. The van der Waals surface area contributed by atoms with Gasteiger partial charge in [-0.3, -0.25) is 14.2 Å². The van der Waals surface area contributed by atoms with Gasteiger partial charge in [-0.25, -0.2) is 4.79 Å². The molecule has 2 N–H and O–H groups in total. The standard InChI is InChI=1S/C28H41N3O5/c1-5-35-24-14-21-23(15-25(24)36-6-2)30-28(34)31(27(21)33)16-19-10-12-20(13-11-19)26(32)29-22-9-7-8-17(3)18(22)4/h14-15,17-20,22H,5-13,16H2,1-4H3,(H,29,32)(H,30,34)/t17-,18-,19?,20?,22+/m0/s1. The molecule has 8 nitrogen and oxygen atoms in total. The predicted molar refractivity (Wildman–Crippen MR) is 141 cm³/mol. The minimum Gasteiger partial charge on any atom is -0.490 e.